The fourth-order valence-corrected chi connectivity index (χ4v) is 1.79. The number of aromatic nitrogens is 1. The second-order valence-corrected chi connectivity index (χ2v) is 3.76. The Labute approximate surface area is 84.1 Å². The summed E-state index contributed by atoms with van der Waals surface area (Å²) >= 11 is 0. The Balaban J connectivity index is 2.40. The lowest BCUT2D eigenvalue weighted by Crippen LogP contribution is -1.99. The lowest BCUT2D eigenvalue weighted by atomic mass is 10.1. The second kappa shape index (κ2) is 3.84. The third kappa shape index (κ3) is 1.66. The van der Waals surface area contributed by atoms with E-state index in [0.717, 1.165) is 19.4 Å². The van der Waals surface area contributed by atoms with E-state index in [-0.39, 0.29) is 0 Å². The molecule has 0 aliphatic carbocycles. The predicted molar refractivity (Wildman–Crippen MR) is 60.4 cm³/mol. The van der Waals surface area contributed by atoms with Crippen LogP contribution < -0.4 is 5.73 Å². The van der Waals surface area contributed by atoms with E-state index in [1.807, 2.05) is 0 Å². The van der Waals surface area contributed by atoms with Gasteiger partial charge in [0.05, 0.1) is 0 Å². The standard InChI is InChI=1S/C12H16N2/c1-9-4-5-12-11(7-9)10(8-14-12)3-2-6-13/h4-5,7-8,14H,2-3,6,13H2,1H3. The number of aryl methyl sites for hydroxylation is 2. The van der Waals surface area contributed by atoms with Crippen LogP contribution in [0, 0.1) is 6.92 Å². The Hall–Kier alpha value is -1.28. The molecule has 0 spiro atoms. The maximum Gasteiger partial charge on any atom is 0.0456 e. The highest BCUT2D eigenvalue weighted by atomic mass is 14.7. The highest BCUT2D eigenvalue weighted by molar-refractivity contribution is 5.83. The van der Waals surface area contributed by atoms with E-state index in [4.69, 9.17) is 5.73 Å². The first-order valence-corrected chi connectivity index (χ1v) is 5.08. The van der Waals surface area contributed by atoms with Gasteiger partial charge >= 0.3 is 0 Å². The first-order chi connectivity index (χ1) is 6.81. The largest absolute Gasteiger partial charge is 0.361 e. The zero-order valence-corrected chi connectivity index (χ0v) is 8.51. The van der Waals surface area contributed by atoms with Crippen LogP contribution in [0.25, 0.3) is 10.9 Å². The molecule has 3 N–H and O–H groups in total. The minimum absolute atomic E-state index is 0.762. The van der Waals surface area contributed by atoms with Gasteiger partial charge in [0.2, 0.25) is 0 Å². The van der Waals surface area contributed by atoms with Crippen molar-refractivity contribution in [3.05, 3.63) is 35.5 Å². The number of H-pyrrole nitrogens is 1. The van der Waals surface area contributed by atoms with E-state index in [0.29, 0.717) is 0 Å². The number of nitrogens with one attached hydrogen (secondary N) is 1. The molecular weight excluding hydrogens is 172 g/mol. The summed E-state index contributed by atoms with van der Waals surface area (Å²) in [7, 11) is 0. The molecular formula is C12H16N2. The molecule has 0 bridgehead atoms. The first-order valence-electron chi connectivity index (χ1n) is 5.08. The number of benzene rings is 1. The number of hydrogen-bond donors (Lipinski definition) is 2. The highest BCUT2D eigenvalue weighted by Crippen LogP contribution is 2.20. The van der Waals surface area contributed by atoms with Crippen molar-refractivity contribution < 1.29 is 0 Å². The van der Waals surface area contributed by atoms with E-state index in [1.54, 1.807) is 0 Å². The lowest BCUT2D eigenvalue weighted by Gasteiger charge is -1.98. The third-order valence-electron chi connectivity index (χ3n) is 2.57. The quantitative estimate of drug-likeness (QED) is 0.763. The zero-order valence-electron chi connectivity index (χ0n) is 8.51. The smallest absolute Gasteiger partial charge is 0.0456 e. The molecule has 0 aliphatic rings. The molecule has 2 nitrogen and oxygen atoms in total. The van der Waals surface area contributed by atoms with Crippen molar-refractivity contribution in [2.24, 2.45) is 5.73 Å². The average Bonchev–Trinajstić information content (AvgIpc) is 2.57. The van der Waals surface area contributed by atoms with Gasteiger partial charge in [-0.2, -0.15) is 0 Å². The van der Waals surface area contributed by atoms with Crippen molar-refractivity contribution in [1.29, 1.82) is 0 Å². The molecule has 74 valence electrons. The summed E-state index contributed by atoms with van der Waals surface area (Å²) in [6.45, 7) is 2.89. The number of nitrogens with two attached hydrogens (primary N) is 1. The van der Waals surface area contributed by atoms with Gasteiger partial charge in [-0.1, -0.05) is 11.6 Å². The minimum Gasteiger partial charge on any atom is -0.361 e. The van der Waals surface area contributed by atoms with Crippen LogP contribution in [0.3, 0.4) is 0 Å². The van der Waals surface area contributed by atoms with Crippen molar-refractivity contribution in [1.82, 2.24) is 4.98 Å². The SMILES string of the molecule is Cc1ccc2[nH]cc(CCCN)c2c1. The Kier molecular flexibility index (Phi) is 2.55. The number of rotatable bonds is 3. The lowest BCUT2D eigenvalue weighted by molar-refractivity contribution is 0.837. The van der Waals surface area contributed by atoms with Crippen molar-refractivity contribution in [2.45, 2.75) is 19.8 Å². The average molecular weight is 188 g/mol. The summed E-state index contributed by atoms with van der Waals surface area (Å²) in [4.78, 5) is 3.28. The fourth-order valence-electron chi connectivity index (χ4n) is 1.79. The van der Waals surface area contributed by atoms with Gasteiger partial charge in [0.15, 0.2) is 0 Å². The topological polar surface area (TPSA) is 41.8 Å². The minimum atomic E-state index is 0.762. The molecule has 2 rings (SSSR count). The molecule has 0 fully saturated rings. The van der Waals surface area contributed by atoms with Crippen molar-refractivity contribution in [2.75, 3.05) is 6.54 Å². The first kappa shape index (κ1) is 9.28. The summed E-state index contributed by atoms with van der Waals surface area (Å²) in [6, 6.07) is 6.50. The summed E-state index contributed by atoms with van der Waals surface area (Å²) in [5.41, 5.74) is 9.43. The van der Waals surface area contributed by atoms with Gasteiger partial charge in [-0.05, 0) is 44.0 Å². The summed E-state index contributed by atoms with van der Waals surface area (Å²) in [6.07, 6.45) is 4.22. The van der Waals surface area contributed by atoms with E-state index in [2.05, 4.69) is 36.3 Å². The van der Waals surface area contributed by atoms with Crippen LogP contribution in [0.4, 0.5) is 0 Å². The summed E-state index contributed by atoms with van der Waals surface area (Å²) in [5.74, 6) is 0. The second-order valence-electron chi connectivity index (χ2n) is 3.76. The van der Waals surface area contributed by atoms with Crippen molar-refractivity contribution in [3.63, 3.8) is 0 Å². The molecule has 1 heterocycles. The molecule has 2 heteroatoms. The molecule has 1 aromatic heterocycles. The van der Waals surface area contributed by atoms with E-state index < -0.39 is 0 Å². The molecule has 2 aromatic rings. The number of aromatic amines is 1. The van der Waals surface area contributed by atoms with Crippen LogP contribution in [0.15, 0.2) is 24.4 Å². The molecule has 1 aromatic carbocycles. The Morgan fingerprint density at radius 3 is 3.00 bits per heavy atom. The molecule has 0 unspecified atom stereocenters. The third-order valence-corrected chi connectivity index (χ3v) is 2.57. The van der Waals surface area contributed by atoms with Crippen LogP contribution in [-0.2, 0) is 6.42 Å². The normalized spacial score (nSPS) is 11.0. The van der Waals surface area contributed by atoms with Gasteiger partial charge in [0.1, 0.15) is 0 Å². The molecule has 14 heavy (non-hydrogen) atoms. The van der Waals surface area contributed by atoms with Crippen LogP contribution in [0.2, 0.25) is 0 Å². The summed E-state index contributed by atoms with van der Waals surface area (Å²) < 4.78 is 0. The Morgan fingerprint density at radius 1 is 1.36 bits per heavy atom. The number of hydrogen-bond acceptors (Lipinski definition) is 1. The number of fused-ring (bicyclic) bond motifs is 1. The molecule has 0 atom stereocenters. The highest BCUT2D eigenvalue weighted by Gasteiger charge is 2.02. The van der Waals surface area contributed by atoms with Crippen molar-refractivity contribution in [3.8, 4) is 0 Å². The summed E-state index contributed by atoms with van der Waals surface area (Å²) in [5, 5.41) is 1.35. The van der Waals surface area contributed by atoms with E-state index in [1.165, 1.54) is 22.0 Å². The van der Waals surface area contributed by atoms with Gasteiger partial charge in [0, 0.05) is 17.1 Å². The van der Waals surface area contributed by atoms with Gasteiger partial charge in [-0.15, -0.1) is 0 Å². The maximum absolute atomic E-state index is 5.51. The van der Waals surface area contributed by atoms with Gasteiger partial charge in [-0.3, -0.25) is 0 Å². The zero-order chi connectivity index (χ0) is 9.97. The van der Waals surface area contributed by atoms with E-state index in [9.17, 15) is 0 Å². The maximum atomic E-state index is 5.51. The van der Waals surface area contributed by atoms with Gasteiger partial charge in [0.25, 0.3) is 0 Å². The van der Waals surface area contributed by atoms with Crippen LogP contribution in [0.1, 0.15) is 17.5 Å². The van der Waals surface area contributed by atoms with Crippen LogP contribution >= 0.6 is 0 Å². The van der Waals surface area contributed by atoms with Gasteiger partial charge < -0.3 is 10.7 Å². The molecule has 0 aliphatic heterocycles. The van der Waals surface area contributed by atoms with Crippen LogP contribution in [0.5, 0.6) is 0 Å². The molecule has 0 saturated carbocycles. The monoisotopic (exact) mass is 188 g/mol. The van der Waals surface area contributed by atoms with Gasteiger partial charge in [-0.25, -0.2) is 0 Å². The fraction of sp³-hybridized carbons (Fsp3) is 0.333. The van der Waals surface area contributed by atoms with Crippen molar-refractivity contribution >= 4 is 10.9 Å². The molecule has 0 amide bonds. The Morgan fingerprint density at radius 2 is 2.21 bits per heavy atom. The molecule has 0 saturated heterocycles. The Bertz CT molecular complexity index is 429. The molecule has 0 radical (unpaired) electrons. The predicted octanol–water partition coefficient (Wildman–Crippen LogP) is 2.37. The van der Waals surface area contributed by atoms with E-state index >= 15 is 0 Å². The van der Waals surface area contributed by atoms with Crippen LogP contribution in [-0.4, -0.2) is 11.5 Å².